The zero-order valence-electron chi connectivity index (χ0n) is 19.5. The number of carbonyl (C=O) groups is 3. The first-order chi connectivity index (χ1) is 17.5. The number of nitrogens with one attached hydrogen (secondary N) is 4. The highest BCUT2D eigenvalue weighted by molar-refractivity contribution is 6.10. The van der Waals surface area contributed by atoms with Crippen LogP contribution in [0, 0.1) is 0 Å². The molecule has 1 aliphatic rings. The SMILES string of the molecule is C[C@H](CNC(=O)c1c[nH]c2c(C(=O)NCc3ccc4c(c3)NC(=O)CO4)ncnc12)c1ccccc1. The number of amides is 3. The zero-order chi connectivity index (χ0) is 25.1. The highest BCUT2D eigenvalue weighted by Crippen LogP contribution is 2.28. The molecule has 2 aromatic carbocycles. The molecule has 4 N–H and O–H groups in total. The van der Waals surface area contributed by atoms with E-state index in [1.807, 2.05) is 37.3 Å². The van der Waals surface area contributed by atoms with Gasteiger partial charge < -0.3 is 25.7 Å². The molecule has 0 spiro atoms. The van der Waals surface area contributed by atoms with Crippen molar-refractivity contribution in [2.45, 2.75) is 19.4 Å². The van der Waals surface area contributed by atoms with Crippen LogP contribution in [0.15, 0.2) is 61.1 Å². The highest BCUT2D eigenvalue weighted by atomic mass is 16.5. The van der Waals surface area contributed by atoms with E-state index in [0.717, 1.165) is 11.1 Å². The molecule has 10 nitrogen and oxygen atoms in total. The summed E-state index contributed by atoms with van der Waals surface area (Å²) in [5.74, 6) is -0.218. The van der Waals surface area contributed by atoms with E-state index in [2.05, 4.69) is 30.9 Å². The summed E-state index contributed by atoms with van der Waals surface area (Å²) in [6.07, 6.45) is 2.80. The molecule has 3 heterocycles. The predicted octanol–water partition coefficient (Wildman–Crippen LogP) is 2.75. The standard InChI is InChI=1S/C26H24N6O4/c1-15(17-5-3-2-4-6-17)10-28-25(34)18-12-27-23-22(18)30-14-31-24(23)26(35)29-11-16-7-8-20-19(9-16)32-21(33)13-36-20/h2-9,12,14-15,27H,10-11,13H2,1H3,(H,28,34)(H,29,35)(H,32,33)/t15-/m1/s1. The van der Waals surface area contributed by atoms with E-state index in [1.54, 1.807) is 18.2 Å². The smallest absolute Gasteiger partial charge is 0.272 e. The maximum Gasteiger partial charge on any atom is 0.272 e. The third-order valence-corrected chi connectivity index (χ3v) is 5.99. The fourth-order valence-corrected chi connectivity index (χ4v) is 4.03. The van der Waals surface area contributed by atoms with Crippen molar-refractivity contribution >= 4 is 34.4 Å². The lowest BCUT2D eigenvalue weighted by molar-refractivity contribution is -0.118. The Hall–Kier alpha value is -4.73. The van der Waals surface area contributed by atoms with Crippen LogP contribution < -0.4 is 20.7 Å². The molecule has 0 aliphatic carbocycles. The summed E-state index contributed by atoms with van der Waals surface area (Å²) in [6, 6.07) is 15.2. The van der Waals surface area contributed by atoms with Gasteiger partial charge >= 0.3 is 0 Å². The Labute approximate surface area is 206 Å². The highest BCUT2D eigenvalue weighted by Gasteiger charge is 2.21. The molecule has 2 aromatic heterocycles. The largest absolute Gasteiger partial charge is 0.482 e. The second-order valence-corrected chi connectivity index (χ2v) is 8.52. The van der Waals surface area contributed by atoms with Gasteiger partial charge in [-0.3, -0.25) is 14.4 Å². The van der Waals surface area contributed by atoms with E-state index >= 15 is 0 Å². The van der Waals surface area contributed by atoms with Crippen molar-refractivity contribution in [3.63, 3.8) is 0 Å². The molecular weight excluding hydrogens is 460 g/mol. The minimum Gasteiger partial charge on any atom is -0.482 e. The summed E-state index contributed by atoms with van der Waals surface area (Å²) < 4.78 is 5.36. The second-order valence-electron chi connectivity index (χ2n) is 8.52. The number of H-pyrrole nitrogens is 1. The molecule has 0 fully saturated rings. The molecule has 0 unspecified atom stereocenters. The van der Waals surface area contributed by atoms with Gasteiger partial charge in [0.1, 0.15) is 17.6 Å². The molecule has 1 atom stereocenters. The van der Waals surface area contributed by atoms with Gasteiger partial charge in [-0.05, 0) is 29.2 Å². The molecular formula is C26H24N6O4. The molecule has 36 heavy (non-hydrogen) atoms. The number of aromatic nitrogens is 3. The van der Waals surface area contributed by atoms with E-state index in [0.29, 0.717) is 34.6 Å². The second kappa shape index (κ2) is 9.87. The molecule has 0 radical (unpaired) electrons. The van der Waals surface area contributed by atoms with E-state index in [-0.39, 0.29) is 36.6 Å². The van der Waals surface area contributed by atoms with Crippen molar-refractivity contribution in [3.05, 3.63) is 83.4 Å². The molecule has 10 heteroatoms. The molecule has 1 aliphatic heterocycles. The molecule has 182 valence electrons. The van der Waals surface area contributed by atoms with E-state index in [4.69, 9.17) is 4.74 Å². The fourth-order valence-electron chi connectivity index (χ4n) is 4.03. The van der Waals surface area contributed by atoms with Crippen molar-refractivity contribution in [1.82, 2.24) is 25.6 Å². The lowest BCUT2D eigenvalue weighted by atomic mass is 10.0. The van der Waals surface area contributed by atoms with Crippen molar-refractivity contribution in [2.75, 3.05) is 18.5 Å². The third-order valence-electron chi connectivity index (χ3n) is 5.99. The van der Waals surface area contributed by atoms with Crippen molar-refractivity contribution in [1.29, 1.82) is 0 Å². The molecule has 0 bridgehead atoms. The number of carbonyl (C=O) groups excluding carboxylic acids is 3. The third kappa shape index (κ3) is 4.74. The van der Waals surface area contributed by atoms with Crippen LogP contribution in [0.3, 0.4) is 0 Å². The summed E-state index contributed by atoms with van der Waals surface area (Å²) in [7, 11) is 0. The first kappa shape index (κ1) is 23.0. The van der Waals surface area contributed by atoms with Crippen LogP contribution >= 0.6 is 0 Å². The van der Waals surface area contributed by atoms with Gasteiger partial charge in [0.15, 0.2) is 12.3 Å². The normalized spacial score (nSPS) is 13.3. The quantitative estimate of drug-likeness (QED) is 0.318. The van der Waals surface area contributed by atoms with Gasteiger partial charge in [0.05, 0.1) is 16.8 Å². The zero-order valence-corrected chi connectivity index (χ0v) is 19.5. The molecule has 3 amide bonds. The minimum absolute atomic E-state index is 0.0188. The monoisotopic (exact) mass is 484 g/mol. The number of benzene rings is 2. The first-order valence-electron chi connectivity index (χ1n) is 11.5. The maximum atomic E-state index is 12.9. The number of fused-ring (bicyclic) bond motifs is 2. The van der Waals surface area contributed by atoms with E-state index in [1.165, 1.54) is 12.5 Å². The average molecular weight is 485 g/mol. The van der Waals surface area contributed by atoms with Gasteiger partial charge in [0.25, 0.3) is 17.7 Å². The number of nitrogens with zero attached hydrogens (tertiary/aromatic N) is 2. The van der Waals surface area contributed by atoms with Crippen molar-refractivity contribution in [2.24, 2.45) is 0 Å². The molecule has 0 saturated carbocycles. The Kier molecular flexibility index (Phi) is 6.31. The lowest BCUT2D eigenvalue weighted by Crippen LogP contribution is -2.27. The van der Waals surface area contributed by atoms with Gasteiger partial charge in [0, 0.05) is 19.3 Å². The summed E-state index contributed by atoms with van der Waals surface area (Å²) in [4.78, 5) is 48.6. The Bertz CT molecular complexity index is 1450. The van der Waals surface area contributed by atoms with Gasteiger partial charge in [-0.1, -0.05) is 43.3 Å². The molecule has 4 aromatic rings. The van der Waals surface area contributed by atoms with Gasteiger partial charge in [-0.2, -0.15) is 0 Å². The summed E-state index contributed by atoms with van der Waals surface area (Å²) in [6.45, 7) is 2.69. The number of anilines is 1. The summed E-state index contributed by atoms with van der Waals surface area (Å²) in [5, 5.41) is 8.50. The van der Waals surface area contributed by atoms with Crippen molar-refractivity contribution < 1.29 is 19.1 Å². The van der Waals surface area contributed by atoms with Crippen LogP contribution in [0.5, 0.6) is 5.75 Å². The van der Waals surface area contributed by atoms with Crippen LogP contribution in [0.1, 0.15) is 44.8 Å². The number of hydrogen-bond donors (Lipinski definition) is 4. The number of ether oxygens (including phenoxy) is 1. The first-order valence-corrected chi connectivity index (χ1v) is 11.5. The Balaban J connectivity index is 1.26. The number of aromatic amines is 1. The fraction of sp³-hybridized carbons (Fsp3) is 0.192. The molecule has 5 rings (SSSR count). The van der Waals surface area contributed by atoms with Crippen LogP contribution in [0.2, 0.25) is 0 Å². The number of rotatable bonds is 7. The predicted molar refractivity (Wildman–Crippen MR) is 133 cm³/mol. The van der Waals surface area contributed by atoms with Crippen LogP contribution in [-0.4, -0.2) is 45.8 Å². The Morgan fingerprint density at radius 1 is 1.08 bits per heavy atom. The van der Waals surface area contributed by atoms with E-state index < -0.39 is 5.91 Å². The Morgan fingerprint density at radius 3 is 2.75 bits per heavy atom. The van der Waals surface area contributed by atoms with Crippen LogP contribution in [0.25, 0.3) is 11.0 Å². The van der Waals surface area contributed by atoms with Crippen LogP contribution in [-0.2, 0) is 11.3 Å². The van der Waals surface area contributed by atoms with Gasteiger partial charge in [-0.25, -0.2) is 9.97 Å². The lowest BCUT2D eigenvalue weighted by Gasteiger charge is -2.18. The summed E-state index contributed by atoms with van der Waals surface area (Å²) in [5.41, 5.74) is 3.68. The maximum absolute atomic E-state index is 12.9. The topological polar surface area (TPSA) is 138 Å². The average Bonchev–Trinajstić information content (AvgIpc) is 3.35. The summed E-state index contributed by atoms with van der Waals surface area (Å²) >= 11 is 0. The minimum atomic E-state index is -0.424. The van der Waals surface area contributed by atoms with Gasteiger partial charge in [0.2, 0.25) is 0 Å². The van der Waals surface area contributed by atoms with Crippen molar-refractivity contribution in [3.8, 4) is 5.75 Å². The van der Waals surface area contributed by atoms with Crippen LogP contribution in [0.4, 0.5) is 5.69 Å². The Morgan fingerprint density at radius 2 is 1.92 bits per heavy atom. The number of hydrogen-bond acceptors (Lipinski definition) is 6. The van der Waals surface area contributed by atoms with E-state index in [9.17, 15) is 14.4 Å². The van der Waals surface area contributed by atoms with Gasteiger partial charge in [-0.15, -0.1) is 0 Å². The molecule has 0 saturated heterocycles.